The molecule has 0 unspecified atom stereocenters. The van der Waals surface area contributed by atoms with Gasteiger partial charge in [-0.1, -0.05) is 45.9 Å². The van der Waals surface area contributed by atoms with Crippen LogP contribution in [0.3, 0.4) is 0 Å². The van der Waals surface area contributed by atoms with E-state index in [1.54, 1.807) is 44.3 Å². The van der Waals surface area contributed by atoms with Gasteiger partial charge in [-0.25, -0.2) is 4.79 Å². The average Bonchev–Trinajstić information content (AvgIpc) is 1.77. The number of fused-ring (bicyclic) bond motifs is 1. The number of aliphatic hydroxyl groups is 1. The molecule has 0 spiro atoms. The van der Waals surface area contributed by atoms with E-state index in [1.165, 1.54) is 6.92 Å². The van der Waals surface area contributed by atoms with Crippen molar-refractivity contribution in [3.8, 4) is 0 Å². The number of nitrogens with two attached hydrogens (primary N) is 6. The molecule has 0 saturated carbocycles. The quantitative estimate of drug-likeness (QED) is 0.0127. The molecular weight excluding hydrogens is 1250 g/mol. The van der Waals surface area contributed by atoms with Crippen LogP contribution in [-0.2, 0) is 64.0 Å². The number of rotatable bonds is 43. The Bertz CT molecular complexity index is 2900. The maximum absolute atomic E-state index is 14.7. The minimum absolute atomic E-state index is 0.00932. The van der Waals surface area contributed by atoms with E-state index in [0.29, 0.717) is 35.9 Å². The molecular formula is C57H96N20O14S2. The molecule has 11 atom stereocenters. The lowest BCUT2D eigenvalue weighted by Gasteiger charge is -2.29. The molecule has 11 amide bonds. The number of aromatic amines is 1. The van der Waals surface area contributed by atoms with E-state index in [9.17, 15) is 67.7 Å². The van der Waals surface area contributed by atoms with Crippen molar-refractivity contribution in [2.45, 2.75) is 166 Å². The number of aliphatic imine (C=N–C) groups is 2. The van der Waals surface area contributed by atoms with Crippen LogP contribution < -0.4 is 92.9 Å². The fourth-order valence-corrected chi connectivity index (χ4v) is 9.50. The van der Waals surface area contributed by atoms with Gasteiger partial charge in [-0.15, -0.1) is 0 Å². The Morgan fingerprint density at radius 2 is 0.989 bits per heavy atom. The van der Waals surface area contributed by atoms with Crippen molar-refractivity contribution >= 4 is 119 Å². The number of aliphatic hydroxyl groups excluding tert-OH is 1. The van der Waals surface area contributed by atoms with Crippen molar-refractivity contribution in [2.75, 3.05) is 44.2 Å². The summed E-state index contributed by atoms with van der Waals surface area (Å²) in [5.74, 6) is -12.9. The normalized spacial score (nSPS) is 14.7. The first-order valence-corrected chi connectivity index (χ1v) is 31.6. The highest BCUT2D eigenvalue weighted by Gasteiger charge is 2.37. The van der Waals surface area contributed by atoms with Crippen LogP contribution in [0.25, 0.3) is 10.9 Å². The molecule has 0 bridgehead atoms. The number of hydrogen-bond donors (Lipinski definition) is 22. The van der Waals surface area contributed by atoms with E-state index in [4.69, 9.17) is 34.4 Å². The molecule has 0 aliphatic rings. The molecule has 0 radical (unpaired) electrons. The molecule has 0 aliphatic heterocycles. The predicted molar refractivity (Wildman–Crippen MR) is 353 cm³/mol. The molecule has 0 saturated heterocycles. The van der Waals surface area contributed by atoms with Crippen molar-refractivity contribution in [3.63, 3.8) is 0 Å². The Hall–Kier alpha value is -8.48. The van der Waals surface area contributed by atoms with Crippen molar-refractivity contribution < 1.29 is 67.7 Å². The standard InChI is InChI=1S/C57H96N20O14S2/c1-28(2)21-38(72-46(81)30(5)59)49(84)75-40(26-92)51(86)73-39(22-32-23-66-34-14-8-7-13-33(32)34)50(85)70-36(17-12-20-65-57(62)63)48(83)76-44(29(3)4)54(89)71-35(16-11-19-64-56(60)61)47(82)74-41(27-93)52(87)77-45(31(6)78)53(88)68-24-42(79)67-25-43(80)69-37(55(90)91)15-9-10-18-58/h7-8,13-14,23,28-31,35-41,44-45,66,78,92-93H,9-12,15-22,24-27,58-59H2,1-6H3,(H,67,79)(H,68,88)(H,69,80)(H,70,85)(H,71,89)(H,72,81)(H,73,86)(H,74,82)(H,75,84)(H,76,83)(H,77,87)(H,90,91)(H4,60,61,64)(H4,62,63,65)/t30-,31+,35-,36-,37-,38-,39-,40-,41-,44-,45-/m0/s1. The zero-order chi connectivity index (χ0) is 70.1. The van der Waals surface area contributed by atoms with Gasteiger partial charge in [0.1, 0.15) is 54.4 Å². The number of nitrogens with one attached hydrogen (secondary N) is 12. The Balaban J connectivity index is 2.44. The largest absolute Gasteiger partial charge is 0.480 e. The second kappa shape index (κ2) is 41.9. The Kier molecular flexibility index (Phi) is 36.3. The van der Waals surface area contributed by atoms with Gasteiger partial charge in [-0.05, 0) is 95.2 Å². The first-order chi connectivity index (χ1) is 43.8. The maximum atomic E-state index is 14.7. The summed E-state index contributed by atoms with van der Waals surface area (Å²) in [6.45, 7) is 8.31. The third kappa shape index (κ3) is 29.8. The van der Waals surface area contributed by atoms with Crippen molar-refractivity contribution in [1.82, 2.24) is 63.5 Å². The summed E-state index contributed by atoms with van der Waals surface area (Å²) in [6, 6.07) is -6.55. The maximum Gasteiger partial charge on any atom is 0.326 e. The van der Waals surface area contributed by atoms with Gasteiger partial charge in [0, 0.05) is 48.1 Å². The molecule has 520 valence electrons. The number of nitrogens with zero attached hydrogens (tertiary/aromatic N) is 2. The number of aromatic nitrogens is 1. The Morgan fingerprint density at radius 1 is 0.527 bits per heavy atom. The molecule has 26 N–H and O–H groups in total. The zero-order valence-electron chi connectivity index (χ0n) is 53.3. The van der Waals surface area contributed by atoms with E-state index in [0.717, 1.165) is 6.92 Å². The van der Waals surface area contributed by atoms with Crippen LogP contribution in [0, 0.1) is 11.8 Å². The van der Waals surface area contributed by atoms with Crippen molar-refractivity contribution in [2.24, 2.45) is 56.2 Å². The van der Waals surface area contributed by atoms with Crippen LogP contribution in [-0.4, -0.2) is 209 Å². The number of carboxylic acid groups (broad SMARTS) is 1. The van der Waals surface area contributed by atoms with Gasteiger partial charge in [0.15, 0.2) is 11.9 Å². The highest BCUT2D eigenvalue weighted by molar-refractivity contribution is 7.80. The Morgan fingerprint density at radius 3 is 1.51 bits per heavy atom. The summed E-state index contributed by atoms with van der Waals surface area (Å²) in [7, 11) is 0. The lowest BCUT2D eigenvalue weighted by atomic mass is 10.00. The summed E-state index contributed by atoms with van der Waals surface area (Å²) < 4.78 is 0. The van der Waals surface area contributed by atoms with E-state index in [1.807, 2.05) is 13.8 Å². The molecule has 1 heterocycles. The SMILES string of the molecule is CC(C)C[C@H](NC(=O)[C@H](C)N)C(=O)N[C@@H](CS)C(=O)N[C@@H](Cc1c[nH]c2ccccc12)C(=O)N[C@@H](CCCN=C(N)N)C(=O)N[C@H](C(=O)N[C@@H](CCCN=C(N)N)C(=O)N[C@@H](CS)C(=O)N[C@H](C(=O)NCC(=O)NCC(=O)N[C@@H](CCCCN)C(=O)O)[C@@H](C)O)C(C)C. The van der Waals surface area contributed by atoms with Crippen LogP contribution in [0.15, 0.2) is 40.4 Å². The molecule has 0 fully saturated rings. The van der Waals surface area contributed by atoms with Gasteiger partial charge >= 0.3 is 5.97 Å². The summed E-state index contributed by atoms with van der Waals surface area (Å²) in [4.78, 5) is 173. The summed E-state index contributed by atoms with van der Waals surface area (Å²) in [6.07, 6.45) is 0.982. The topological polar surface area (TPSA) is 574 Å². The number of amides is 11. The number of carbonyl (C=O) groups excluding carboxylic acids is 11. The lowest BCUT2D eigenvalue weighted by Crippen LogP contribution is -2.62. The van der Waals surface area contributed by atoms with Crippen LogP contribution in [0.5, 0.6) is 0 Å². The lowest BCUT2D eigenvalue weighted by molar-refractivity contribution is -0.142. The molecule has 1 aromatic carbocycles. The van der Waals surface area contributed by atoms with Crippen molar-refractivity contribution in [1.29, 1.82) is 0 Å². The molecule has 93 heavy (non-hydrogen) atoms. The summed E-state index contributed by atoms with van der Waals surface area (Å²) in [5, 5.41) is 48.1. The van der Waals surface area contributed by atoms with Gasteiger partial charge in [0.2, 0.25) is 65.0 Å². The monoisotopic (exact) mass is 1350 g/mol. The van der Waals surface area contributed by atoms with Gasteiger partial charge in [0.05, 0.1) is 25.2 Å². The Labute approximate surface area is 550 Å². The number of aliphatic carboxylic acids is 1. The van der Waals surface area contributed by atoms with Gasteiger partial charge < -0.3 is 108 Å². The van der Waals surface area contributed by atoms with Crippen LogP contribution in [0.1, 0.15) is 98.5 Å². The first kappa shape index (κ1) is 80.6. The fraction of sp³-hybridized carbons (Fsp3) is 0.614. The number of hydrogen-bond acceptors (Lipinski definition) is 19. The van der Waals surface area contributed by atoms with Gasteiger partial charge in [0.25, 0.3) is 0 Å². The average molecular weight is 1350 g/mol. The van der Waals surface area contributed by atoms with Gasteiger partial charge in [-0.2, -0.15) is 25.3 Å². The summed E-state index contributed by atoms with van der Waals surface area (Å²) >= 11 is 8.54. The number of carboxylic acids is 1. The fourth-order valence-electron chi connectivity index (χ4n) is 8.98. The minimum atomic E-state index is -1.73. The van der Waals surface area contributed by atoms with Crippen molar-refractivity contribution in [3.05, 3.63) is 36.0 Å². The molecule has 34 nitrogen and oxygen atoms in total. The van der Waals surface area contributed by atoms with Crippen LogP contribution >= 0.6 is 25.3 Å². The van der Waals surface area contributed by atoms with E-state index < -0.39 is 162 Å². The number of para-hydroxylation sites is 1. The van der Waals surface area contributed by atoms with E-state index in [-0.39, 0.29) is 81.6 Å². The molecule has 0 aliphatic carbocycles. The van der Waals surface area contributed by atoms with E-state index in [2.05, 4.69) is 98.7 Å². The second-order valence-electron chi connectivity index (χ2n) is 22.8. The third-order valence-corrected chi connectivity index (χ3v) is 14.8. The number of guanidine groups is 2. The van der Waals surface area contributed by atoms with Crippen LogP contribution in [0.4, 0.5) is 0 Å². The molecule has 2 aromatic rings. The minimum Gasteiger partial charge on any atom is -0.480 e. The number of benzene rings is 1. The van der Waals surface area contributed by atoms with Gasteiger partial charge in [-0.3, -0.25) is 62.7 Å². The van der Waals surface area contributed by atoms with Crippen LogP contribution in [0.2, 0.25) is 0 Å². The molecule has 1 aromatic heterocycles. The molecule has 2 rings (SSSR count). The highest BCUT2D eigenvalue weighted by Crippen LogP contribution is 2.20. The number of unbranched alkanes of at least 4 members (excludes halogenated alkanes) is 1. The predicted octanol–water partition coefficient (Wildman–Crippen LogP) is -6.08. The number of carbonyl (C=O) groups is 12. The zero-order valence-corrected chi connectivity index (χ0v) is 55.0. The smallest absolute Gasteiger partial charge is 0.326 e. The highest BCUT2D eigenvalue weighted by atomic mass is 32.1. The number of H-pyrrole nitrogens is 1. The third-order valence-electron chi connectivity index (χ3n) is 14.0. The summed E-state index contributed by atoms with van der Waals surface area (Å²) in [5.41, 5.74) is 34.7. The molecule has 36 heteroatoms. The first-order valence-electron chi connectivity index (χ1n) is 30.3. The van der Waals surface area contributed by atoms with E-state index >= 15 is 0 Å². The second-order valence-corrected chi connectivity index (χ2v) is 23.5. The number of thiol groups is 2.